The maximum Gasteiger partial charge on any atom is 0.123 e. The number of para-hydroxylation sites is 1. The molecule has 1 unspecified atom stereocenters. The van der Waals surface area contributed by atoms with Crippen LogP contribution in [-0.4, -0.2) is 15.5 Å². The Balaban J connectivity index is 1.51. The Morgan fingerprint density at radius 3 is 2.33 bits per heavy atom. The highest BCUT2D eigenvalue weighted by atomic mass is 79.9. The molecule has 1 aromatic heterocycles. The summed E-state index contributed by atoms with van der Waals surface area (Å²) in [4.78, 5) is 0. The average molecular weight is 461 g/mol. The van der Waals surface area contributed by atoms with Gasteiger partial charge in [0.05, 0.1) is 23.1 Å². The Kier molecular flexibility index (Phi) is 4.93. The van der Waals surface area contributed by atoms with Gasteiger partial charge in [0.1, 0.15) is 5.82 Å². The lowest BCUT2D eigenvalue weighted by Crippen LogP contribution is -2.10. The highest BCUT2D eigenvalue weighted by Gasteiger charge is 2.26. The van der Waals surface area contributed by atoms with Gasteiger partial charge in [-0.2, -0.15) is 10.2 Å². The minimum Gasteiger partial charge on any atom is -0.302 e. The number of nitrogens with zero attached hydrogens (tertiary/aromatic N) is 3. The molecule has 0 spiro atoms. The van der Waals surface area contributed by atoms with E-state index in [1.807, 2.05) is 53.3 Å². The van der Waals surface area contributed by atoms with Crippen LogP contribution in [0.4, 0.5) is 4.39 Å². The van der Waals surface area contributed by atoms with Crippen molar-refractivity contribution in [2.24, 2.45) is 5.10 Å². The summed E-state index contributed by atoms with van der Waals surface area (Å²) in [6.07, 6.45) is 2.78. The molecule has 0 amide bonds. The first-order valence-corrected chi connectivity index (χ1v) is 10.5. The van der Waals surface area contributed by atoms with E-state index in [9.17, 15) is 4.39 Å². The van der Waals surface area contributed by atoms with Crippen LogP contribution < -0.4 is 5.43 Å². The summed E-state index contributed by atoms with van der Waals surface area (Å²) in [7, 11) is 0. The van der Waals surface area contributed by atoms with Crippen LogP contribution in [0.15, 0.2) is 94.6 Å². The van der Waals surface area contributed by atoms with E-state index in [1.165, 1.54) is 12.1 Å². The summed E-state index contributed by atoms with van der Waals surface area (Å²) < 4.78 is 16.4. The van der Waals surface area contributed by atoms with Crippen molar-refractivity contribution < 1.29 is 4.39 Å². The third-order valence-electron chi connectivity index (χ3n) is 5.19. The van der Waals surface area contributed by atoms with Gasteiger partial charge < -0.3 is 5.43 Å². The molecule has 0 radical (unpaired) electrons. The third-order valence-corrected chi connectivity index (χ3v) is 5.72. The largest absolute Gasteiger partial charge is 0.302 e. The fourth-order valence-electron chi connectivity index (χ4n) is 3.63. The van der Waals surface area contributed by atoms with E-state index < -0.39 is 0 Å². The molecule has 30 heavy (non-hydrogen) atoms. The van der Waals surface area contributed by atoms with Gasteiger partial charge in [-0.3, -0.25) is 0 Å². The zero-order chi connectivity index (χ0) is 20.5. The van der Waals surface area contributed by atoms with Crippen LogP contribution in [0.2, 0.25) is 0 Å². The molecule has 4 aromatic rings. The van der Waals surface area contributed by atoms with E-state index >= 15 is 0 Å². The van der Waals surface area contributed by atoms with Crippen LogP contribution in [0.5, 0.6) is 0 Å². The molecule has 1 N–H and O–H groups in total. The fraction of sp³-hybridized carbons (Fsp3) is 0.0833. The first kappa shape index (κ1) is 18.8. The normalized spacial score (nSPS) is 15.7. The van der Waals surface area contributed by atoms with Crippen LogP contribution in [0.3, 0.4) is 0 Å². The quantitative estimate of drug-likeness (QED) is 0.413. The van der Waals surface area contributed by atoms with E-state index in [2.05, 4.69) is 38.6 Å². The van der Waals surface area contributed by atoms with Crippen molar-refractivity contribution in [2.45, 2.75) is 12.5 Å². The van der Waals surface area contributed by atoms with Crippen molar-refractivity contribution in [3.8, 4) is 16.9 Å². The molecule has 5 rings (SSSR count). The maximum atomic E-state index is 13.5. The first-order valence-electron chi connectivity index (χ1n) is 9.66. The summed E-state index contributed by atoms with van der Waals surface area (Å²) in [5.74, 6) is -0.261. The minimum atomic E-state index is -0.261. The van der Waals surface area contributed by atoms with Crippen LogP contribution in [0.1, 0.15) is 23.6 Å². The Morgan fingerprint density at radius 2 is 1.60 bits per heavy atom. The Labute approximate surface area is 182 Å². The van der Waals surface area contributed by atoms with Crippen molar-refractivity contribution in [3.63, 3.8) is 0 Å². The second kappa shape index (κ2) is 7.88. The van der Waals surface area contributed by atoms with Crippen LogP contribution in [0.25, 0.3) is 16.9 Å². The average Bonchev–Trinajstić information content (AvgIpc) is 3.43. The molecule has 0 saturated carbocycles. The molecule has 0 saturated heterocycles. The lowest BCUT2D eigenvalue weighted by atomic mass is 9.97. The second-order valence-corrected chi connectivity index (χ2v) is 8.09. The number of rotatable bonds is 4. The van der Waals surface area contributed by atoms with Crippen molar-refractivity contribution in [1.29, 1.82) is 0 Å². The van der Waals surface area contributed by atoms with E-state index in [4.69, 9.17) is 5.10 Å². The SMILES string of the molecule is Fc1ccc(-c2nn(-c3ccccc3)cc2C2CC(c3ccc(Br)cc3)=NN2)cc1. The van der Waals surface area contributed by atoms with Gasteiger partial charge in [0.15, 0.2) is 0 Å². The summed E-state index contributed by atoms with van der Waals surface area (Å²) >= 11 is 3.47. The van der Waals surface area contributed by atoms with E-state index in [1.54, 1.807) is 12.1 Å². The van der Waals surface area contributed by atoms with Gasteiger partial charge in [0, 0.05) is 28.2 Å². The number of halogens is 2. The highest BCUT2D eigenvalue weighted by molar-refractivity contribution is 9.10. The molecule has 2 heterocycles. The second-order valence-electron chi connectivity index (χ2n) is 7.17. The van der Waals surface area contributed by atoms with Gasteiger partial charge in [-0.15, -0.1) is 0 Å². The predicted molar refractivity (Wildman–Crippen MR) is 120 cm³/mol. The molecular formula is C24H18BrFN4. The van der Waals surface area contributed by atoms with Crippen molar-refractivity contribution >= 4 is 21.6 Å². The molecule has 4 nitrogen and oxygen atoms in total. The third kappa shape index (κ3) is 3.66. The lowest BCUT2D eigenvalue weighted by Gasteiger charge is -2.10. The molecule has 0 fully saturated rings. The summed E-state index contributed by atoms with van der Waals surface area (Å²) in [6, 6.07) is 24.6. The fourth-order valence-corrected chi connectivity index (χ4v) is 3.90. The van der Waals surface area contributed by atoms with Gasteiger partial charge in [0.2, 0.25) is 0 Å². The zero-order valence-electron chi connectivity index (χ0n) is 16.0. The summed E-state index contributed by atoms with van der Waals surface area (Å²) in [5.41, 5.74) is 9.06. The van der Waals surface area contributed by atoms with Crippen LogP contribution >= 0.6 is 15.9 Å². The van der Waals surface area contributed by atoms with Gasteiger partial charge in [0.25, 0.3) is 0 Å². The predicted octanol–water partition coefficient (Wildman–Crippen LogP) is 5.88. The summed E-state index contributed by atoms with van der Waals surface area (Å²) in [6.45, 7) is 0. The number of benzene rings is 3. The van der Waals surface area contributed by atoms with Gasteiger partial charge in [-0.1, -0.05) is 46.3 Å². The number of hydrogen-bond donors (Lipinski definition) is 1. The molecule has 1 atom stereocenters. The molecule has 1 aliphatic rings. The highest BCUT2D eigenvalue weighted by Crippen LogP contribution is 2.33. The Morgan fingerprint density at radius 1 is 0.900 bits per heavy atom. The molecule has 6 heteroatoms. The molecule has 0 bridgehead atoms. The topological polar surface area (TPSA) is 42.2 Å². The van der Waals surface area contributed by atoms with Crippen molar-refractivity contribution in [3.05, 3.63) is 106 Å². The standard InChI is InChI=1S/C24H18BrFN4/c25-18-10-6-16(7-11-18)22-14-23(28-27-22)21-15-30(20-4-2-1-3-5-20)29-24(21)17-8-12-19(26)13-9-17/h1-13,15,23,28H,14H2. The van der Waals surface area contributed by atoms with E-state index in [0.29, 0.717) is 0 Å². The monoisotopic (exact) mass is 460 g/mol. The molecule has 1 aliphatic heterocycles. The zero-order valence-corrected chi connectivity index (χ0v) is 17.6. The van der Waals surface area contributed by atoms with Crippen molar-refractivity contribution in [1.82, 2.24) is 15.2 Å². The Hall–Kier alpha value is -3.25. The molecule has 148 valence electrons. The number of hydrogen-bond acceptors (Lipinski definition) is 3. The number of aromatic nitrogens is 2. The van der Waals surface area contributed by atoms with E-state index in [0.717, 1.165) is 44.7 Å². The van der Waals surface area contributed by atoms with Gasteiger partial charge in [-0.05, 0) is 54.1 Å². The number of nitrogens with one attached hydrogen (secondary N) is 1. The van der Waals surface area contributed by atoms with Crippen molar-refractivity contribution in [2.75, 3.05) is 0 Å². The molecule has 0 aliphatic carbocycles. The minimum absolute atomic E-state index is 0.0128. The van der Waals surface area contributed by atoms with Gasteiger partial charge >= 0.3 is 0 Å². The molecule has 3 aromatic carbocycles. The Bertz CT molecular complexity index is 1200. The van der Waals surface area contributed by atoms with Gasteiger partial charge in [-0.25, -0.2) is 9.07 Å². The first-order chi connectivity index (χ1) is 14.7. The maximum absolute atomic E-state index is 13.5. The molecular weight excluding hydrogens is 443 g/mol. The van der Waals surface area contributed by atoms with Crippen LogP contribution in [-0.2, 0) is 0 Å². The lowest BCUT2D eigenvalue weighted by molar-refractivity contribution is 0.620. The van der Waals surface area contributed by atoms with E-state index in [-0.39, 0.29) is 11.9 Å². The van der Waals surface area contributed by atoms with Crippen LogP contribution in [0, 0.1) is 5.82 Å². The number of hydrazone groups is 1. The summed E-state index contributed by atoms with van der Waals surface area (Å²) in [5, 5.41) is 9.41. The smallest absolute Gasteiger partial charge is 0.123 e.